The van der Waals surface area contributed by atoms with E-state index >= 15 is 0 Å². The van der Waals surface area contributed by atoms with Crippen molar-refractivity contribution in [1.29, 1.82) is 0 Å². The molecule has 0 saturated carbocycles. The van der Waals surface area contributed by atoms with Crippen molar-refractivity contribution in [3.8, 4) is 5.75 Å². The quantitative estimate of drug-likeness (QED) is 0.776. The lowest BCUT2D eigenvalue weighted by Gasteiger charge is -2.10. The fourth-order valence-electron chi connectivity index (χ4n) is 2.55. The Labute approximate surface area is 131 Å². The summed E-state index contributed by atoms with van der Waals surface area (Å²) in [5.74, 6) is 0.848. The molecule has 0 bridgehead atoms. The number of fused-ring (bicyclic) bond motifs is 1. The molecule has 2 aromatic carbocycles. The van der Waals surface area contributed by atoms with Gasteiger partial charge in [-0.3, -0.25) is 0 Å². The Kier molecular flexibility index (Phi) is 3.99. The number of halogens is 1. The summed E-state index contributed by atoms with van der Waals surface area (Å²) in [7, 11) is 1.67. The maximum Gasteiger partial charge on any atom is 0.119 e. The maximum atomic E-state index is 9.41. The highest BCUT2D eigenvalue weighted by molar-refractivity contribution is 9.10. The molecule has 1 N–H and O–H groups in total. The van der Waals surface area contributed by atoms with Crippen molar-refractivity contribution >= 4 is 26.8 Å². The Balaban J connectivity index is 2.02. The largest absolute Gasteiger partial charge is 0.497 e. The number of aliphatic hydroxyl groups excluding tert-OH is 1. The van der Waals surface area contributed by atoms with E-state index in [2.05, 4.69) is 38.8 Å². The monoisotopic (exact) mass is 345 g/mol. The minimum Gasteiger partial charge on any atom is -0.497 e. The molecular weight excluding hydrogens is 330 g/mol. The molecule has 1 heterocycles. The second kappa shape index (κ2) is 5.92. The first-order chi connectivity index (χ1) is 10.2. The molecule has 1 aromatic heterocycles. The van der Waals surface area contributed by atoms with E-state index in [1.807, 2.05) is 30.3 Å². The molecule has 0 fully saturated rings. The molecule has 21 heavy (non-hydrogen) atoms. The predicted octanol–water partition coefficient (Wildman–Crippen LogP) is 3.95. The molecule has 0 unspecified atom stereocenters. The van der Waals surface area contributed by atoms with Gasteiger partial charge in [0.15, 0.2) is 0 Å². The number of aliphatic hydroxyl groups is 1. The molecule has 0 aliphatic heterocycles. The van der Waals surface area contributed by atoms with Crippen LogP contribution in [0.2, 0.25) is 0 Å². The van der Waals surface area contributed by atoms with Crippen LogP contribution >= 0.6 is 15.9 Å². The van der Waals surface area contributed by atoms with E-state index in [1.54, 1.807) is 7.11 Å². The molecule has 3 rings (SSSR count). The zero-order valence-electron chi connectivity index (χ0n) is 11.7. The van der Waals surface area contributed by atoms with Gasteiger partial charge in [-0.2, -0.15) is 0 Å². The van der Waals surface area contributed by atoms with Crippen LogP contribution in [-0.4, -0.2) is 16.8 Å². The van der Waals surface area contributed by atoms with Crippen molar-refractivity contribution in [3.05, 3.63) is 64.3 Å². The van der Waals surface area contributed by atoms with Crippen LogP contribution in [0.1, 0.15) is 11.1 Å². The molecule has 0 aliphatic carbocycles. The van der Waals surface area contributed by atoms with Crippen LogP contribution in [0.5, 0.6) is 5.75 Å². The number of methoxy groups -OCH3 is 1. The third-order valence-corrected chi connectivity index (χ3v) is 4.44. The van der Waals surface area contributed by atoms with Crippen molar-refractivity contribution in [2.24, 2.45) is 0 Å². The average Bonchev–Trinajstić information content (AvgIpc) is 2.92. The fourth-order valence-corrected chi connectivity index (χ4v) is 2.92. The number of benzene rings is 2. The average molecular weight is 346 g/mol. The lowest BCUT2D eigenvalue weighted by Crippen LogP contribution is -1.99. The Bertz CT molecular complexity index is 780. The summed E-state index contributed by atoms with van der Waals surface area (Å²) < 4.78 is 8.52. The van der Waals surface area contributed by atoms with Crippen LogP contribution in [0.25, 0.3) is 10.9 Å². The van der Waals surface area contributed by atoms with Crippen LogP contribution < -0.4 is 4.74 Å². The van der Waals surface area contributed by atoms with Gasteiger partial charge < -0.3 is 14.4 Å². The number of ether oxygens (including phenoxy) is 1. The molecule has 0 amide bonds. The van der Waals surface area contributed by atoms with Gasteiger partial charge in [0.1, 0.15) is 5.75 Å². The van der Waals surface area contributed by atoms with Gasteiger partial charge in [0.05, 0.1) is 13.7 Å². The van der Waals surface area contributed by atoms with Crippen molar-refractivity contribution < 1.29 is 9.84 Å². The topological polar surface area (TPSA) is 34.4 Å². The fraction of sp³-hybridized carbons (Fsp3) is 0.176. The zero-order chi connectivity index (χ0) is 14.8. The van der Waals surface area contributed by atoms with E-state index in [-0.39, 0.29) is 6.61 Å². The van der Waals surface area contributed by atoms with E-state index in [9.17, 15) is 5.11 Å². The van der Waals surface area contributed by atoms with Crippen LogP contribution in [0.3, 0.4) is 0 Å². The van der Waals surface area contributed by atoms with E-state index in [1.165, 1.54) is 0 Å². The third-order valence-electron chi connectivity index (χ3n) is 3.67. The maximum absolute atomic E-state index is 9.41. The predicted molar refractivity (Wildman–Crippen MR) is 87.7 cm³/mol. The second-order valence-corrected chi connectivity index (χ2v) is 5.76. The van der Waals surface area contributed by atoms with Crippen molar-refractivity contribution in [1.82, 2.24) is 4.57 Å². The molecule has 0 spiro atoms. The van der Waals surface area contributed by atoms with Crippen LogP contribution in [0.4, 0.5) is 0 Å². The lowest BCUT2D eigenvalue weighted by atomic mass is 10.1. The Morgan fingerprint density at radius 2 is 2.00 bits per heavy atom. The SMILES string of the molecule is COc1ccc(Br)c(Cn2ccc3c(CO)cccc32)c1. The third kappa shape index (κ3) is 2.69. The summed E-state index contributed by atoms with van der Waals surface area (Å²) >= 11 is 3.59. The molecule has 0 atom stereocenters. The number of aromatic nitrogens is 1. The molecule has 3 aromatic rings. The molecule has 4 heteroatoms. The molecular formula is C17H16BrNO2. The normalized spacial score (nSPS) is 11.0. The summed E-state index contributed by atoms with van der Waals surface area (Å²) in [5, 5.41) is 10.5. The van der Waals surface area contributed by atoms with Gasteiger partial charge in [-0.05, 0) is 41.5 Å². The highest BCUT2D eigenvalue weighted by Gasteiger charge is 2.08. The smallest absolute Gasteiger partial charge is 0.119 e. The minimum absolute atomic E-state index is 0.0597. The van der Waals surface area contributed by atoms with Crippen molar-refractivity contribution in [2.45, 2.75) is 13.2 Å². The Hall–Kier alpha value is -1.78. The summed E-state index contributed by atoms with van der Waals surface area (Å²) in [4.78, 5) is 0. The zero-order valence-corrected chi connectivity index (χ0v) is 13.3. The van der Waals surface area contributed by atoms with Gasteiger partial charge in [0.25, 0.3) is 0 Å². The van der Waals surface area contributed by atoms with Gasteiger partial charge in [0, 0.05) is 28.1 Å². The molecule has 0 radical (unpaired) electrons. The molecule has 3 nitrogen and oxygen atoms in total. The van der Waals surface area contributed by atoms with Gasteiger partial charge >= 0.3 is 0 Å². The van der Waals surface area contributed by atoms with Crippen LogP contribution in [-0.2, 0) is 13.2 Å². The standard InChI is InChI=1S/C17H16BrNO2/c1-21-14-5-6-16(18)13(9-14)10-19-8-7-15-12(11-20)3-2-4-17(15)19/h2-9,20H,10-11H2,1H3. The highest BCUT2D eigenvalue weighted by Crippen LogP contribution is 2.26. The summed E-state index contributed by atoms with van der Waals surface area (Å²) in [6, 6.07) is 14.0. The van der Waals surface area contributed by atoms with Crippen molar-refractivity contribution in [3.63, 3.8) is 0 Å². The first kappa shape index (κ1) is 14.2. The van der Waals surface area contributed by atoms with Gasteiger partial charge in [-0.25, -0.2) is 0 Å². The van der Waals surface area contributed by atoms with E-state index in [0.29, 0.717) is 0 Å². The summed E-state index contributed by atoms with van der Waals surface area (Å²) in [6.45, 7) is 0.806. The molecule has 0 aliphatic rings. The van der Waals surface area contributed by atoms with E-state index < -0.39 is 0 Å². The first-order valence-electron chi connectivity index (χ1n) is 6.73. The number of hydrogen-bond donors (Lipinski definition) is 1. The number of hydrogen-bond acceptors (Lipinski definition) is 2. The van der Waals surface area contributed by atoms with Gasteiger partial charge in [-0.1, -0.05) is 28.1 Å². The summed E-state index contributed by atoms with van der Waals surface area (Å²) in [6.07, 6.45) is 2.05. The lowest BCUT2D eigenvalue weighted by molar-refractivity contribution is 0.283. The number of rotatable bonds is 4. The minimum atomic E-state index is 0.0597. The van der Waals surface area contributed by atoms with Crippen LogP contribution in [0.15, 0.2) is 53.1 Å². The van der Waals surface area contributed by atoms with Gasteiger partial charge in [-0.15, -0.1) is 0 Å². The second-order valence-electron chi connectivity index (χ2n) is 4.91. The highest BCUT2D eigenvalue weighted by atomic mass is 79.9. The van der Waals surface area contributed by atoms with E-state index in [0.717, 1.165) is 38.8 Å². The summed E-state index contributed by atoms with van der Waals surface area (Å²) in [5.41, 5.74) is 3.23. The molecule has 108 valence electrons. The van der Waals surface area contributed by atoms with Crippen LogP contribution in [0, 0.1) is 0 Å². The Morgan fingerprint density at radius 1 is 1.14 bits per heavy atom. The molecule has 0 saturated heterocycles. The van der Waals surface area contributed by atoms with Crippen molar-refractivity contribution in [2.75, 3.05) is 7.11 Å². The Morgan fingerprint density at radius 3 is 2.76 bits per heavy atom. The first-order valence-corrected chi connectivity index (χ1v) is 7.52. The van der Waals surface area contributed by atoms with Gasteiger partial charge in [0.2, 0.25) is 0 Å². The van der Waals surface area contributed by atoms with E-state index in [4.69, 9.17) is 4.74 Å². The number of nitrogens with zero attached hydrogens (tertiary/aromatic N) is 1.